The van der Waals surface area contributed by atoms with E-state index in [1.807, 2.05) is 5.32 Å². The molecule has 0 unspecified atom stereocenters. The predicted octanol–water partition coefficient (Wildman–Crippen LogP) is 1.21. The summed E-state index contributed by atoms with van der Waals surface area (Å²) in [7, 11) is 0. The summed E-state index contributed by atoms with van der Waals surface area (Å²) in [5, 5.41) is 1.84. The van der Waals surface area contributed by atoms with Crippen LogP contribution in [-0.4, -0.2) is 25.3 Å². The fourth-order valence-electron chi connectivity index (χ4n) is 0.644. The molecule has 0 aromatic carbocycles. The van der Waals surface area contributed by atoms with Gasteiger partial charge in [-0.05, 0) is 0 Å². The molecule has 1 rings (SSSR count). The molecular formula is C4H6ClF4NO. The van der Waals surface area contributed by atoms with E-state index in [1.54, 1.807) is 0 Å². The van der Waals surface area contributed by atoms with E-state index in [-0.39, 0.29) is 12.4 Å². The summed E-state index contributed by atoms with van der Waals surface area (Å²) in [5.41, 5.74) is 0. The molecule has 0 aliphatic carbocycles. The molecule has 1 N–H and O–H groups in total. The van der Waals surface area contributed by atoms with Crippen LogP contribution >= 0.6 is 12.4 Å². The Bertz CT molecular complexity index is 128. The van der Waals surface area contributed by atoms with E-state index in [2.05, 4.69) is 4.74 Å². The van der Waals surface area contributed by atoms with Gasteiger partial charge in [-0.15, -0.1) is 12.4 Å². The Hall–Kier alpha value is -0.0700. The van der Waals surface area contributed by atoms with Crippen molar-refractivity contribution in [2.24, 2.45) is 0 Å². The third-order valence-corrected chi connectivity index (χ3v) is 0.960. The van der Waals surface area contributed by atoms with Crippen LogP contribution in [-0.2, 0) is 4.74 Å². The van der Waals surface area contributed by atoms with Gasteiger partial charge in [0.25, 0.3) is 0 Å². The third kappa shape index (κ3) is 3.22. The monoisotopic (exact) mass is 195 g/mol. The Balaban J connectivity index is 0.000001000. The maximum atomic E-state index is 11.9. The molecule has 7 heteroatoms. The number of morpholine rings is 1. The van der Waals surface area contributed by atoms with Gasteiger partial charge in [-0.3, -0.25) is 4.74 Å². The van der Waals surface area contributed by atoms with Crippen molar-refractivity contribution >= 4 is 12.4 Å². The highest BCUT2D eigenvalue weighted by Gasteiger charge is 2.47. The Morgan fingerprint density at radius 2 is 1.36 bits per heavy atom. The number of hydrogen-bond acceptors (Lipinski definition) is 2. The molecule has 0 spiro atoms. The molecule has 1 fully saturated rings. The maximum Gasteiger partial charge on any atom is 0.372 e. The molecule has 1 aliphatic heterocycles. The average Bonchev–Trinajstić information content (AvgIpc) is 1.56. The van der Waals surface area contributed by atoms with Crippen LogP contribution < -0.4 is 5.32 Å². The highest BCUT2D eigenvalue weighted by atomic mass is 35.5. The lowest BCUT2D eigenvalue weighted by atomic mass is 10.4. The Morgan fingerprint density at radius 3 is 1.55 bits per heavy atom. The molecule has 0 aromatic heterocycles. The first-order valence-electron chi connectivity index (χ1n) is 2.58. The molecule has 1 aliphatic rings. The number of alkyl halides is 4. The van der Waals surface area contributed by atoms with Crippen molar-refractivity contribution in [2.75, 3.05) is 13.1 Å². The highest BCUT2D eigenvalue weighted by Crippen LogP contribution is 2.28. The number of halogens is 5. The first kappa shape index (κ1) is 10.9. The third-order valence-electron chi connectivity index (χ3n) is 0.960. The highest BCUT2D eigenvalue weighted by molar-refractivity contribution is 5.85. The van der Waals surface area contributed by atoms with Gasteiger partial charge in [-0.25, -0.2) is 0 Å². The lowest BCUT2D eigenvalue weighted by molar-refractivity contribution is -0.386. The van der Waals surface area contributed by atoms with E-state index in [1.165, 1.54) is 0 Å². The smallest absolute Gasteiger partial charge is 0.301 e. The van der Waals surface area contributed by atoms with Gasteiger partial charge >= 0.3 is 12.2 Å². The lowest BCUT2D eigenvalue weighted by Crippen LogP contribution is -2.52. The van der Waals surface area contributed by atoms with Crippen LogP contribution in [0.5, 0.6) is 0 Å². The molecule has 68 valence electrons. The Labute approximate surface area is 66.3 Å². The predicted molar refractivity (Wildman–Crippen MR) is 31.1 cm³/mol. The van der Waals surface area contributed by atoms with Gasteiger partial charge in [0.1, 0.15) is 0 Å². The van der Waals surface area contributed by atoms with Gasteiger partial charge in [0.15, 0.2) is 0 Å². The van der Waals surface area contributed by atoms with Crippen molar-refractivity contribution in [3.05, 3.63) is 0 Å². The zero-order valence-electron chi connectivity index (χ0n) is 5.24. The van der Waals surface area contributed by atoms with Crippen LogP contribution in [0.1, 0.15) is 0 Å². The van der Waals surface area contributed by atoms with E-state index in [9.17, 15) is 17.6 Å². The van der Waals surface area contributed by atoms with Crippen LogP contribution in [0.4, 0.5) is 17.6 Å². The number of nitrogens with one attached hydrogen (secondary N) is 1. The molecule has 1 heterocycles. The topological polar surface area (TPSA) is 21.3 Å². The quantitative estimate of drug-likeness (QED) is 0.587. The number of ether oxygens (including phenoxy) is 1. The standard InChI is InChI=1S/C4H5F4NO.ClH/c5-3(6)1-9-2-4(7,8)10-3;/h9H,1-2H2;1H. The molecule has 0 radical (unpaired) electrons. The molecule has 2 nitrogen and oxygen atoms in total. The van der Waals surface area contributed by atoms with E-state index in [4.69, 9.17) is 0 Å². The van der Waals surface area contributed by atoms with Gasteiger partial charge in [0.2, 0.25) is 0 Å². The van der Waals surface area contributed by atoms with E-state index < -0.39 is 25.3 Å². The molecule has 0 atom stereocenters. The van der Waals surface area contributed by atoms with Crippen LogP contribution in [0, 0.1) is 0 Å². The van der Waals surface area contributed by atoms with Crippen LogP contribution in [0.15, 0.2) is 0 Å². The normalized spacial score (nSPS) is 27.3. The van der Waals surface area contributed by atoms with Crippen molar-refractivity contribution in [3.63, 3.8) is 0 Å². The Morgan fingerprint density at radius 1 is 1.00 bits per heavy atom. The first-order valence-corrected chi connectivity index (χ1v) is 2.58. The fourth-order valence-corrected chi connectivity index (χ4v) is 0.644. The summed E-state index contributed by atoms with van der Waals surface area (Å²) in [4.78, 5) is 0. The van der Waals surface area contributed by atoms with Gasteiger partial charge in [-0.1, -0.05) is 0 Å². The van der Waals surface area contributed by atoms with Gasteiger partial charge < -0.3 is 5.32 Å². The second kappa shape index (κ2) is 3.12. The SMILES string of the molecule is Cl.FC1(F)CNCC(F)(F)O1. The largest absolute Gasteiger partial charge is 0.372 e. The van der Waals surface area contributed by atoms with Crippen molar-refractivity contribution in [3.8, 4) is 0 Å². The van der Waals surface area contributed by atoms with E-state index in [0.717, 1.165) is 0 Å². The van der Waals surface area contributed by atoms with Crippen molar-refractivity contribution in [2.45, 2.75) is 12.2 Å². The summed E-state index contributed by atoms with van der Waals surface area (Å²) >= 11 is 0. The molecule has 0 amide bonds. The minimum Gasteiger partial charge on any atom is -0.301 e. The molecular weight excluding hydrogens is 189 g/mol. The molecule has 0 saturated carbocycles. The fraction of sp³-hybridized carbons (Fsp3) is 1.00. The number of rotatable bonds is 0. The lowest BCUT2D eigenvalue weighted by Gasteiger charge is -2.29. The maximum absolute atomic E-state index is 11.9. The van der Waals surface area contributed by atoms with E-state index >= 15 is 0 Å². The summed E-state index contributed by atoms with van der Waals surface area (Å²) in [6, 6.07) is 0. The van der Waals surface area contributed by atoms with Gasteiger partial charge in [0, 0.05) is 0 Å². The number of hydrogen-bond donors (Lipinski definition) is 1. The summed E-state index contributed by atoms with van der Waals surface area (Å²) in [6.07, 6.45) is -7.50. The Kier molecular flexibility index (Phi) is 3.10. The van der Waals surface area contributed by atoms with Crippen LogP contribution in [0.25, 0.3) is 0 Å². The zero-order valence-corrected chi connectivity index (χ0v) is 6.06. The second-order valence-electron chi connectivity index (χ2n) is 1.98. The minimum atomic E-state index is -3.75. The van der Waals surface area contributed by atoms with Gasteiger partial charge in [0.05, 0.1) is 13.1 Å². The van der Waals surface area contributed by atoms with Gasteiger partial charge in [-0.2, -0.15) is 17.6 Å². The van der Waals surface area contributed by atoms with Crippen LogP contribution in [0.2, 0.25) is 0 Å². The first-order chi connectivity index (χ1) is 4.41. The summed E-state index contributed by atoms with van der Waals surface area (Å²) in [6.45, 7) is -1.72. The van der Waals surface area contributed by atoms with E-state index in [0.29, 0.717) is 0 Å². The summed E-state index contributed by atoms with van der Waals surface area (Å²) in [5.74, 6) is 0. The molecule has 11 heavy (non-hydrogen) atoms. The average molecular weight is 196 g/mol. The molecule has 0 bridgehead atoms. The summed E-state index contributed by atoms with van der Waals surface area (Å²) < 4.78 is 50.9. The van der Waals surface area contributed by atoms with Crippen molar-refractivity contribution in [1.82, 2.24) is 5.32 Å². The zero-order chi connectivity index (χ0) is 7.83. The molecule has 1 saturated heterocycles. The second-order valence-corrected chi connectivity index (χ2v) is 1.98. The minimum absolute atomic E-state index is 0. The van der Waals surface area contributed by atoms with Crippen molar-refractivity contribution < 1.29 is 22.3 Å². The molecule has 0 aromatic rings. The van der Waals surface area contributed by atoms with Crippen LogP contribution in [0.3, 0.4) is 0 Å². The van der Waals surface area contributed by atoms with Crippen molar-refractivity contribution in [1.29, 1.82) is 0 Å².